The molecule has 1 amide bonds. The molecule has 1 aromatic rings. The van der Waals surface area contributed by atoms with Crippen LogP contribution in [0.5, 0.6) is 5.75 Å². The van der Waals surface area contributed by atoms with Crippen LogP contribution in [0.1, 0.15) is 6.92 Å². The Hall–Kier alpha value is -1.62. The van der Waals surface area contributed by atoms with Gasteiger partial charge in [-0.3, -0.25) is 4.79 Å². The van der Waals surface area contributed by atoms with E-state index in [1.54, 1.807) is 17.0 Å². The lowest BCUT2D eigenvalue weighted by atomic mass is 10.2. The largest absolute Gasteiger partial charge is 0.484 e. The van der Waals surface area contributed by atoms with Gasteiger partial charge in [0.1, 0.15) is 11.6 Å². The van der Waals surface area contributed by atoms with Gasteiger partial charge in [-0.1, -0.05) is 6.07 Å². The van der Waals surface area contributed by atoms with Crippen molar-refractivity contribution < 1.29 is 13.9 Å². The molecule has 1 fully saturated rings. The first-order valence-electron chi connectivity index (χ1n) is 6.05. The highest BCUT2D eigenvalue weighted by Crippen LogP contribution is 2.12. The van der Waals surface area contributed by atoms with Crippen LogP contribution in [0.25, 0.3) is 0 Å². The van der Waals surface area contributed by atoms with Gasteiger partial charge >= 0.3 is 0 Å². The number of hydrogen-bond acceptors (Lipinski definition) is 3. The summed E-state index contributed by atoms with van der Waals surface area (Å²) in [5.74, 6) is -0.0464. The molecule has 18 heavy (non-hydrogen) atoms. The van der Waals surface area contributed by atoms with Crippen LogP contribution in [0, 0.1) is 5.82 Å². The highest BCUT2D eigenvalue weighted by atomic mass is 19.1. The average Bonchev–Trinajstić information content (AvgIpc) is 2.37. The van der Waals surface area contributed by atoms with Crippen molar-refractivity contribution >= 4 is 5.91 Å². The molecule has 1 atom stereocenters. The Labute approximate surface area is 106 Å². The van der Waals surface area contributed by atoms with Gasteiger partial charge in [-0.2, -0.15) is 0 Å². The SMILES string of the molecule is C[C@@H]1CNCCN1C(=O)COc1cccc(F)c1. The van der Waals surface area contributed by atoms with Crippen molar-refractivity contribution in [1.82, 2.24) is 10.2 Å². The highest BCUT2D eigenvalue weighted by Gasteiger charge is 2.22. The molecule has 1 aliphatic rings. The highest BCUT2D eigenvalue weighted by molar-refractivity contribution is 5.78. The van der Waals surface area contributed by atoms with E-state index >= 15 is 0 Å². The van der Waals surface area contributed by atoms with E-state index in [9.17, 15) is 9.18 Å². The predicted octanol–water partition coefficient (Wildman–Crippen LogP) is 1.02. The lowest BCUT2D eigenvalue weighted by molar-refractivity contribution is -0.136. The number of nitrogens with one attached hydrogen (secondary N) is 1. The lowest BCUT2D eigenvalue weighted by Crippen LogP contribution is -2.53. The Balaban J connectivity index is 1.88. The first-order valence-corrected chi connectivity index (χ1v) is 6.05. The number of amides is 1. The normalized spacial score (nSPS) is 19.7. The average molecular weight is 252 g/mol. The third kappa shape index (κ3) is 3.20. The summed E-state index contributed by atoms with van der Waals surface area (Å²) in [5.41, 5.74) is 0. The Bertz CT molecular complexity index is 425. The van der Waals surface area contributed by atoms with E-state index in [4.69, 9.17) is 4.74 Å². The lowest BCUT2D eigenvalue weighted by Gasteiger charge is -2.33. The molecular weight excluding hydrogens is 235 g/mol. The van der Waals surface area contributed by atoms with E-state index in [0.29, 0.717) is 12.3 Å². The predicted molar refractivity (Wildman–Crippen MR) is 65.9 cm³/mol. The van der Waals surface area contributed by atoms with E-state index in [1.165, 1.54) is 12.1 Å². The van der Waals surface area contributed by atoms with Gasteiger partial charge in [0.2, 0.25) is 0 Å². The minimum Gasteiger partial charge on any atom is -0.484 e. The molecule has 0 bridgehead atoms. The zero-order valence-corrected chi connectivity index (χ0v) is 10.4. The molecule has 1 heterocycles. The van der Waals surface area contributed by atoms with Crippen LogP contribution in [0.15, 0.2) is 24.3 Å². The van der Waals surface area contributed by atoms with Crippen molar-refractivity contribution in [3.8, 4) is 5.75 Å². The fourth-order valence-electron chi connectivity index (χ4n) is 2.00. The topological polar surface area (TPSA) is 41.6 Å². The fourth-order valence-corrected chi connectivity index (χ4v) is 2.00. The van der Waals surface area contributed by atoms with Gasteiger partial charge in [0.15, 0.2) is 6.61 Å². The zero-order valence-electron chi connectivity index (χ0n) is 10.4. The summed E-state index contributed by atoms with van der Waals surface area (Å²) in [6.45, 7) is 4.23. The zero-order chi connectivity index (χ0) is 13.0. The van der Waals surface area contributed by atoms with Crippen molar-refractivity contribution in [2.75, 3.05) is 26.2 Å². The maximum absolute atomic E-state index is 12.9. The van der Waals surface area contributed by atoms with Crippen LogP contribution >= 0.6 is 0 Å². The van der Waals surface area contributed by atoms with E-state index in [1.807, 2.05) is 6.92 Å². The van der Waals surface area contributed by atoms with Gasteiger partial charge in [0.05, 0.1) is 0 Å². The molecule has 0 unspecified atom stereocenters. The summed E-state index contributed by atoms with van der Waals surface area (Å²) in [6, 6.07) is 5.98. The van der Waals surface area contributed by atoms with Crippen LogP contribution in [0.4, 0.5) is 4.39 Å². The number of halogens is 1. The summed E-state index contributed by atoms with van der Waals surface area (Å²) >= 11 is 0. The molecule has 1 aromatic carbocycles. The molecule has 98 valence electrons. The molecule has 2 rings (SSSR count). The van der Waals surface area contributed by atoms with Gasteiger partial charge in [0, 0.05) is 31.7 Å². The van der Waals surface area contributed by atoms with E-state index in [-0.39, 0.29) is 24.4 Å². The van der Waals surface area contributed by atoms with Crippen LogP contribution < -0.4 is 10.1 Å². The number of ether oxygens (including phenoxy) is 1. The van der Waals surface area contributed by atoms with E-state index < -0.39 is 0 Å². The smallest absolute Gasteiger partial charge is 0.260 e. The second kappa shape index (κ2) is 5.82. The molecule has 0 saturated carbocycles. The number of carbonyl (C=O) groups excluding carboxylic acids is 1. The van der Waals surface area contributed by atoms with Gasteiger partial charge in [-0.25, -0.2) is 4.39 Å². The fraction of sp³-hybridized carbons (Fsp3) is 0.462. The van der Waals surface area contributed by atoms with Crippen molar-refractivity contribution in [3.05, 3.63) is 30.1 Å². The van der Waals surface area contributed by atoms with Crippen molar-refractivity contribution in [2.45, 2.75) is 13.0 Å². The Morgan fingerprint density at radius 1 is 1.61 bits per heavy atom. The molecule has 4 nitrogen and oxygen atoms in total. The standard InChI is InChI=1S/C13H17FN2O2/c1-10-8-15-5-6-16(10)13(17)9-18-12-4-2-3-11(14)7-12/h2-4,7,10,15H,5-6,8-9H2,1H3/t10-/m1/s1. The number of nitrogens with zero attached hydrogens (tertiary/aromatic N) is 1. The number of carbonyl (C=O) groups is 1. The molecule has 0 spiro atoms. The quantitative estimate of drug-likeness (QED) is 0.873. The molecule has 1 saturated heterocycles. The third-order valence-corrected chi connectivity index (χ3v) is 2.98. The number of hydrogen-bond donors (Lipinski definition) is 1. The molecular formula is C13H17FN2O2. The third-order valence-electron chi connectivity index (χ3n) is 2.98. The van der Waals surface area contributed by atoms with Crippen LogP contribution in [0.2, 0.25) is 0 Å². The Morgan fingerprint density at radius 3 is 3.17 bits per heavy atom. The van der Waals surface area contributed by atoms with Crippen molar-refractivity contribution in [3.63, 3.8) is 0 Å². The number of benzene rings is 1. The van der Waals surface area contributed by atoms with E-state index in [2.05, 4.69) is 5.32 Å². The van der Waals surface area contributed by atoms with Gasteiger partial charge in [-0.15, -0.1) is 0 Å². The van der Waals surface area contributed by atoms with Crippen LogP contribution in [-0.2, 0) is 4.79 Å². The Morgan fingerprint density at radius 2 is 2.44 bits per heavy atom. The van der Waals surface area contributed by atoms with Gasteiger partial charge < -0.3 is 15.0 Å². The van der Waals surface area contributed by atoms with Gasteiger partial charge in [-0.05, 0) is 19.1 Å². The van der Waals surface area contributed by atoms with E-state index in [0.717, 1.165) is 13.1 Å². The number of rotatable bonds is 3. The molecule has 5 heteroatoms. The molecule has 0 aliphatic carbocycles. The Kier molecular flexibility index (Phi) is 4.15. The summed E-state index contributed by atoms with van der Waals surface area (Å²) in [6.07, 6.45) is 0. The summed E-state index contributed by atoms with van der Waals surface area (Å²) in [7, 11) is 0. The second-order valence-corrected chi connectivity index (χ2v) is 4.39. The summed E-state index contributed by atoms with van der Waals surface area (Å²) in [4.78, 5) is 13.7. The van der Waals surface area contributed by atoms with Crippen LogP contribution in [0.3, 0.4) is 0 Å². The number of piperazine rings is 1. The molecule has 1 N–H and O–H groups in total. The second-order valence-electron chi connectivity index (χ2n) is 4.39. The molecule has 0 radical (unpaired) electrons. The summed E-state index contributed by atoms with van der Waals surface area (Å²) < 4.78 is 18.2. The van der Waals surface area contributed by atoms with Crippen molar-refractivity contribution in [1.29, 1.82) is 0 Å². The van der Waals surface area contributed by atoms with Crippen LogP contribution in [-0.4, -0.2) is 43.1 Å². The molecule has 0 aromatic heterocycles. The monoisotopic (exact) mass is 252 g/mol. The first-order chi connectivity index (χ1) is 8.66. The van der Waals surface area contributed by atoms with Crippen molar-refractivity contribution in [2.24, 2.45) is 0 Å². The maximum atomic E-state index is 12.9. The minimum absolute atomic E-state index is 0.0478. The maximum Gasteiger partial charge on any atom is 0.260 e. The minimum atomic E-state index is -0.365. The summed E-state index contributed by atoms with van der Waals surface area (Å²) in [5, 5.41) is 3.22. The molecule has 1 aliphatic heterocycles. The first kappa shape index (κ1) is 12.8. The van der Waals surface area contributed by atoms with Gasteiger partial charge in [0.25, 0.3) is 5.91 Å².